The number of methoxy groups -OCH3 is 1. The summed E-state index contributed by atoms with van der Waals surface area (Å²) in [6.45, 7) is 3.95. The summed E-state index contributed by atoms with van der Waals surface area (Å²) in [5, 5.41) is 20.6. The molecule has 5 heteroatoms. The van der Waals surface area contributed by atoms with E-state index in [1.165, 1.54) is 7.11 Å². The Morgan fingerprint density at radius 3 is 2.63 bits per heavy atom. The molecule has 0 bridgehead atoms. The maximum absolute atomic E-state index is 12.2. The predicted octanol–water partition coefficient (Wildman–Crippen LogP) is 3.95. The lowest BCUT2D eigenvalue weighted by molar-refractivity contribution is -0.140. The number of esters is 1. The Labute approximate surface area is 164 Å². The topological polar surface area (TPSA) is 83.8 Å². The van der Waals surface area contributed by atoms with Crippen molar-refractivity contribution in [2.75, 3.05) is 7.11 Å². The normalized spacial score (nSPS) is 25.1. The molecule has 0 radical (unpaired) electrons. The molecule has 0 unspecified atom stereocenters. The highest BCUT2D eigenvalue weighted by atomic mass is 16.5. The van der Waals surface area contributed by atoms with Crippen molar-refractivity contribution in [3.8, 4) is 0 Å². The first-order valence-electron chi connectivity index (χ1n) is 10.5. The van der Waals surface area contributed by atoms with Gasteiger partial charge in [-0.1, -0.05) is 51.2 Å². The van der Waals surface area contributed by atoms with Crippen molar-refractivity contribution in [2.45, 2.75) is 96.2 Å². The monoisotopic (exact) mass is 382 g/mol. The third-order valence-corrected chi connectivity index (χ3v) is 5.59. The van der Waals surface area contributed by atoms with E-state index in [0.29, 0.717) is 12.8 Å². The molecule has 0 aromatic carbocycles. The van der Waals surface area contributed by atoms with Gasteiger partial charge in [-0.15, -0.1) is 0 Å². The first-order valence-corrected chi connectivity index (χ1v) is 10.5. The fourth-order valence-electron chi connectivity index (χ4n) is 3.82. The molecule has 0 aromatic rings. The van der Waals surface area contributed by atoms with Crippen LogP contribution in [0.3, 0.4) is 0 Å². The van der Waals surface area contributed by atoms with Crippen molar-refractivity contribution < 1.29 is 24.5 Å². The van der Waals surface area contributed by atoms with Crippen molar-refractivity contribution in [1.82, 2.24) is 0 Å². The zero-order chi connectivity index (χ0) is 20.3. The van der Waals surface area contributed by atoms with Crippen LogP contribution in [0.1, 0.15) is 84.5 Å². The molecule has 1 fully saturated rings. The highest BCUT2D eigenvalue weighted by molar-refractivity contribution is 5.84. The first-order chi connectivity index (χ1) is 12.8. The van der Waals surface area contributed by atoms with E-state index >= 15 is 0 Å². The number of carbonyl (C=O) groups excluding carboxylic acids is 2. The smallest absolute Gasteiger partial charge is 0.305 e. The van der Waals surface area contributed by atoms with E-state index in [0.717, 1.165) is 51.4 Å². The molecule has 1 aliphatic rings. The maximum Gasteiger partial charge on any atom is 0.305 e. The highest BCUT2D eigenvalue weighted by Gasteiger charge is 2.39. The van der Waals surface area contributed by atoms with E-state index in [1.807, 2.05) is 19.1 Å². The average Bonchev–Trinajstić information content (AvgIpc) is 2.89. The van der Waals surface area contributed by atoms with Gasteiger partial charge in [0.05, 0.1) is 18.8 Å². The molecule has 156 valence electrons. The van der Waals surface area contributed by atoms with Gasteiger partial charge >= 0.3 is 5.97 Å². The van der Waals surface area contributed by atoms with Crippen molar-refractivity contribution in [3.05, 3.63) is 12.2 Å². The molecule has 0 amide bonds. The second kappa shape index (κ2) is 12.3. The third-order valence-electron chi connectivity index (χ3n) is 5.59. The molecule has 2 N–H and O–H groups in total. The summed E-state index contributed by atoms with van der Waals surface area (Å²) in [5.74, 6) is -0.305. The number of rotatable bonds is 13. The van der Waals surface area contributed by atoms with Crippen LogP contribution in [0.15, 0.2) is 12.2 Å². The van der Waals surface area contributed by atoms with Gasteiger partial charge in [0.25, 0.3) is 0 Å². The summed E-state index contributed by atoms with van der Waals surface area (Å²) < 4.78 is 4.62. The lowest BCUT2D eigenvalue weighted by atomic mass is 9.87. The molecule has 0 aliphatic heterocycles. The Morgan fingerprint density at radius 1 is 1.26 bits per heavy atom. The standard InChI is InChI=1S/C22H38O5/c1-4-5-14-22(2,26)15-10-12-18-17(19(23)16-20(18)24)11-8-6-7-9-13-21(25)27-3/h10,12,17-18,20,24,26H,4-9,11,13-16H2,1-3H3/t17-,18-,20+,22-/m1/s1. The van der Waals surface area contributed by atoms with Gasteiger partial charge in [0.15, 0.2) is 0 Å². The van der Waals surface area contributed by atoms with Gasteiger partial charge in [0.2, 0.25) is 0 Å². The summed E-state index contributed by atoms with van der Waals surface area (Å²) in [6, 6.07) is 0. The van der Waals surface area contributed by atoms with Crippen LogP contribution in [0.2, 0.25) is 0 Å². The molecule has 27 heavy (non-hydrogen) atoms. The van der Waals surface area contributed by atoms with Gasteiger partial charge in [-0.3, -0.25) is 9.59 Å². The minimum atomic E-state index is -0.727. The van der Waals surface area contributed by atoms with E-state index in [9.17, 15) is 19.8 Å². The molecule has 5 nitrogen and oxygen atoms in total. The van der Waals surface area contributed by atoms with Gasteiger partial charge in [0, 0.05) is 24.7 Å². The lowest BCUT2D eigenvalue weighted by Crippen LogP contribution is -2.23. The molecule has 4 atom stereocenters. The van der Waals surface area contributed by atoms with Crippen LogP contribution in [0.5, 0.6) is 0 Å². The van der Waals surface area contributed by atoms with Gasteiger partial charge < -0.3 is 14.9 Å². The van der Waals surface area contributed by atoms with Crippen molar-refractivity contribution in [3.63, 3.8) is 0 Å². The number of aliphatic hydroxyl groups excluding tert-OH is 1. The van der Waals surface area contributed by atoms with Crippen molar-refractivity contribution >= 4 is 11.8 Å². The lowest BCUT2D eigenvalue weighted by Gasteiger charge is -2.22. The summed E-state index contributed by atoms with van der Waals surface area (Å²) in [6.07, 6.45) is 11.7. The Kier molecular flexibility index (Phi) is 10.9. The molecule has 1 rings (SSSR count). The van der Waals surface area contributed by atoms with Gasteiger partial charge in [-0.05, 0) is 32.6 Å². The van der Waals surface area contributed by atoms with Crippen LogP contribution in [-0.4, -0.2) is 40.8 Å². The van der Waals surface area contributed by atoms with E-state index in [2.05, 4.69) is 11.7 Å². The number of ketones is 1. The Morgan fingerprint density at radius 2 is 1.96 bits per heavy atom. The maximum atomic E-state index is 12.2. The highest BCUT2D eigenvalue weighted by Crippen LogP contribution is 2.34. The van der Waals surface area contributed by atoms with Crippen LogP contribution in [-0.2, 0) is 14.3 Å². The third kappa shape index (κ3) is 9.02. The molecule has 1 aliphatic carbocycles. The van der Waals surface area contributed by atoms with E-state index in [-0.39, 0.29) is 30.0 Å². The molecule has 0 aromatic heterocycles. The molecule has 0 heterocycles. The largest absolute Gasteiger partial charge is 0.469 e. The summed E-state index contributed by atoms with van der Waals surface area (Å²) in [7, 11) is 1.40. The summed E-state index contributed by atoms with van der Waals surface area (Å²) in [4.78, 5) is 23.3. The fourth-order valence-corrected chi connectivity index (χ4v) is 3.82. The van der Waals surface area contributed by atoms with Gasteiger partial charge in [-0.2, -0.15) is 0 Å². The van der Waals surface area contributed by atoms with Crippen LogP contribution in [0.4, 0.5) is 0 Å². The number of unbranched alkanes of at least 4 members (excludes halogenated alkanes) is 4. The number of hydrogen-bond donors (Lipinski definition) is 2. The number of aliphatic hydroxyl groups is 2. The Bertz CT molecular complexity index is 483. The van der Waals surface area contributed by atoms with E-state index in [4.69, 9.17) is 0 Å². The van der Waals surface area contributed by atoms with Crippen LogP contribution in [0.25, 0.3) is 0 Å². The van der Waals surface area contributed by atoms with Gasteiger partial charge in [-0.25, -0.2) is 0 Å². The summed E-state index contributed by atoms with van der Waals surface area (Å²) in [5.41, 5.74) is -0.727. The quantitative estimate of drug-likeness (QED) is 0.286. The van der Waals surface area contributed by atoms with Crippen LogP contribution < -0.4 is 0 Å². The molecular formula is C22H38O5. The van der Waals surface area contributed by atoms with Crippen molar-refractivity contribution in [1.29, 1.82) is 0 Å². The SMILES string of the molecule is CCCC[C@@](C)(O)CC=C[C@H]1[C@@H](O)CC(=O)[C@@H]1CCCCCCC(=O)OC. The van der Waals surface area contributed by atoms with Crippen LogP contribution in [0, 0.1) is 11.8 Å². The molecule has 0 spiro atoms. The minimum Gasteiger partial charge on any atom is -0.469 e. The van der Waals surface area contributed by atoms with Crippen molar-refractivity contribution in [2.24, 2.45) is 11.8 Å². The predicted molar refractivity (Wildman–Crippen MR) is 106 cm³/mol. The number of hydrogen-bond acceptors (Lipinski definition) is 5. The fraction of sp³-hybridized carbons (Fsp3) is 0.818. The van der Waals surface area contributed by atoms with E-state index in [1.54, 1.807) is 0 Å². The van der Waals surface area contributed by atoms with Crippen LogP contribution >= 0.6 is 0 Å². The number of carbonyl (C=O) groups is 2. The Balaban J connectivity index is 2.42. The molecule has 0 saturated heterocycles. The minimum absolute atomic E-state index is 0.127. The zero-order valence-corrected chi connectivity index (χ0v) is 17.3. The average molecular weight is 383 g/mol. The number of ether oxygens (including phenoxy) is 1. The zero-order valence-electron chi connectivity index (χ0n) is 17.3. The second-order valence-electron chi connectivity index (χ2n) is 8.18. The number of Topliss-reactive ketones (excluding diaryl/α,β-unsaturated/α-hetero) is 1. The first kappa shape index (κ1) is 23.8. The second-order valence-corrected chi connectivity index (χ2v) is 8.18. The molecular weight excluding hydrogens is 344 g/mol. The van der Waals surface area contributed by atoms with E-state index < -0.39 is 11.7 Å². The van der Waals surface area contributed by atoms with Gasteiger partial charge in [0.1, 0.15) is 5.78 Å². The Hall–Kier alpha value is -1.20. The molecule has 1 saturated carbocycles. The summed E-state index contributed by atoms with van der Waals surface area (Å²) >= 11 is 0.